The highest BCUT2D eigenvalue weighted by Gasteiger charge is 2.44. The topological polar surface area (TPSA) is 98.6 Å². The quantitative estimate of drug-likeness (QED) is 0.662. The molecule has 4 N–H and O–H groups in total. The van der Waals surface area contributed by atoms with Crippen molar-refractivity contribution in [3.63, 3.8) is 0 Å². The van der Waals surface area contributed by atoms with Crippen LogP contribution in [-0.4, -0.2) is 50.2 Å². The van der Waals surface area contributed by atoms with Crippen LogP contribution < -0.4 is 0 Å². The molecule has 1 aromatic heterocycles. The van der Waals surface area contributed by atoms with Crippen molar-refractivity contribution in [2.75, 3.05) is 6.61 Å². The number of aliphatic hydroxyl groups is 3. The molecule has 0 saturated carbocycles. The Kier molecular flexibility index (Phi) is 3.62. The summed E-state index contributed by atoms with van der Waals surface area (Å²) in [5.74, 6) is 0.326. The van der Waals surface area contributed by atoms with Crippen molar-refractivity contribution in [2.24, 2.45) is 0 Å². The normalized spacial score (nSPS) is 30.2. The molecule has 6 nitrogen and oxygen atoms in total. The number of ether oxygens (including phenoxy) is 1. The number of fused-ring (bicyclic) bond motifs is 1. The molecule has 2 heterocycles. The van der Waals surface area contributed by atoms with Crippen LogP contribution in [0.5, 0.6) is 0 Å². The summed E-state index contributed by atoms with van der Waals surface area (Å²) in [5, 5.41) is 29.4. The molecule has 1 aliphatic heterocycles. The fraction of sp³-hybridized carbons (Fsp3) is 0.417. The summed E-state index contributed by atoms with van der Waals surface area (Å²) < 4.78 is 5.40. The monoisotopic (exact) mass is 318 g/mol. The van der Waals surface area contributed by atoms with E-state index in [0.717, 1.165) is 0 Å². The first kappa shape index (κ1) is 14.1. The Bertz CT molecular complexity index is 648. The van der Waals surface area contributed by atoms with E-state index in [1.165, 1.54) is 0 Å². The Morgan fingerprint density at radius 3 is 2.65 bits per heavy atom. The number of aromatic nitrogens is 2. The maximum atomic E-state index is 9.96. The van der Waals surface area contributed by atoms with E-state index in [1.807, 2.05) is 0 Å². The minimum Gasteiger partial charge on any atom is -0.394 e. The Hall–Kier alpha value is -0.890. The van der Waals surface area contributed by atoms with E-state index < -0.39 is 24.4 Å². The average molecular weight is 319 g/mol. The van der Waals surface area contributed by atoms with Gasteiger partial charge in [-0.1, -0.05) is 23.2 Å². The molecule has 0 amide bonds. The molecule has 0 spiro atoms. The van der Waals surface area contributed by atoms with Crippen LogP contribution in [0.15, 0.2) is 12.1 Å². The first-order valence-electron chi connectivity index (χ1n) is 5.99. The van der Waals surface area contributed by atoms with Gasteiger partial charge in [-0.3, -0.25) is 0 Å². The Labute approximate surface area is 123 Å². The highest BCUT2D eigenvalue weighted by Crippen LogP contribution is 2.35. The zero-order valence-corrected chi connectivity index (χ0v) is 11.6. The summed E-state index contributed by atoms with van der Waals surface area (Å²) in [7, 11) is 0. The van der Waals surface area contributed by atoms with Gasteiger partial charge in [0.25, 0.3) is 0 Å². The van der Waals surface area contributed by atoms with Crippen LogP contribution in [0, 0.1) is 0 Å². The van der Waals surface area contributed by atoms with E-state index in [1.54, 1.807) is 12.1 Å². The van der Waals surface area contributed by atoms with Crippen LogP contribution in [-0.2, 0) is 4.74 Å². The van der Waals surface area contributed by atoms with Crippen molar-refractivity contribution in [1.82, 2.24) is 9.97 Å². The number of nitrogens with zero attached hydrogens (tertiary/aromatic N) is 1. The standard InChI is InChI=1S/C12H12Cl2N2O4/c13-4-1-2-5-8(7(4)14)16-12(15-5)11-10(19)9(18)6(3-17)20-11/h1-2,6,9-11,17-19H,3H2,(H,15,16)/t6-,9-,10-,11-/m1/s1. The predicted octanol–water partition coefficient (Wildman–Crippen LogP) is 1.02. The Morgan fingerprint density at radius 2 is 2.00 bits per heavy atom. The molecule has 1 saturated heterocycles. The highest BCUT2D eigenvalue weighted by atomic mass is 35.5. The SMILES string of the molecule is OC[C@H]1O[C@@H](c2nc3c(Cl)c(Cl)ccc3[nH]2)[C@H](O)[C@@H]1O. The number of aromatic amines is 1. The molecule has 1 aliphatic rings. The molecular weight excluding hydrogens is 307 g/mol. The Morgan fingerprint density at radius 1 is 1.25 bits per heavy atom. The van der Waals surface area contributed by atoms with Crippen molar-refractivity contribution in [1.29, 1.82) is 0 Å². The summed E-state index contributed by atoms with van der Waals surface area (Å²) >= 11 is 12.0. The van der Waals surface area contributed by atoms with Crippen molar-refractivity contribution >= 4 is 34.2 Å². The fourth-order valence-electron chi connectivity index (χ4n) is 2.30. The molecule has 3 rings (SSSR count). The number of aliphatic hydroxyl groups excluding tert-OH is 3. The molecule has 108 valence electrons. The maximum absolute atomic E-state index is 9.96. The van der Waals surface area contributed by atoms with Crippen LogP contribution in [0.2, 0.25) is 10.0 Å². The van der Waals surface area contributed by atoms with Gasteiger partial charge in [-0.05, 0) is 12.1 Å². The molecular formula is C12H12Cl2N2O4. The molecule has 0 radical (unpaired) electrons. The summed E-state index contributed by atoms with van der Waals surface area (Å²) in [5.41, 5.74) is 1.11. The number of halogens is 2. The van der Waals surface area contributed by atoms with Crippen LogP contribution >= 0.6 is 23.2 Å². The second-order valence-electron chi connectivity index (χ2n) is 4.64. The maximum Gasteiger partial charge on any atom is 0.144 e. The lowest BCUT2D eigenvalue weighted by atomic mass is 10.1. The van der Waals surface area contributed by atoms with Gasteiger partial charge in [-0.2, -0.15) is 0 Å². The van der Waals surface area contributed by atoms with Crippen molar-refractivity contribution in [3.05, 3.63) is 28.0 Å². The lowest BCUT2D eigenvalue weighted by Gasteiger charge is -2.11. The van der Waals surface area contributed by atoms with Crippen molar-refractivity contribution in [2.45, 2.75) is 24.4 Å². The minimum absolute atomic E-state index is 0.304. The first-order chi connectivity index (χ1) is 9.52. The number of hydrogen-bond donors (Lipinski definition) is 4. The number of hydrogen-bond acceptors (Lipinski definition) is 5. The zero-order valence-electron chi connectivity index (χ0n) is 10.1. The number of benzene rings is 1. The van der Waals surface area contributed by atoms with Gasteiger partial charge in [0.15, 0.2) is 0 Å². The number of H-pyrrole nitrogens is 1. The van der Waals surface area contributed by atoms with Gasteiger partial charge in [-0.25, -0.2) is 4.98 Å². The van der Waals surface area contributed by atoms with E-state index in [9.17, 15) is 10.2 Å². The van der Waals surface area contributed by atoms with Crippen LogP contribution in [0.25, 0.3) is 11.0 Å². The largest absolute Gasteiger partial charge is 0.394 e. The molecule has 0 aliphatic carbocycles. The average Bonchev–Trinajstić information content (AvgIpc) is 2.98. The number of nitrogens with one attached hydrogen (secondary N) is 1. The van der Waals surface area contributed by atoms with Gasteiger partial charge in [0.1, 0.15) is 35.8 Å². The zero-order chi connectivity index (χ0) is 14.4. The fourth-order valence-corrected chi connectivity index (χ4v) is 2.66. The third-order valence-electron chi connectivity index (χ3n) is 3.38. The van der Waals surface area contributed by atoms with E-state index in [4.69, 9.17) is 33.0 Å². The molecule has 0 unspecified atom stereocenters. The lowest BCUT2D eigenvalue weighted by Crippen LogP contribution is -2.32. The Balaban J connectivity index is 2.01. The van der Waals surface area contributed by atoms with E-state index in [2.05, 4.69) is 9.97 Å². The van der Waals surface area contributed by atoms with Crippen LogP contribution in [0.3, 0.4) is 0 Å². The minimum atomic E-state index is -1.18. The molecule has 20 heavy (non-hydrogen) atoms. The van der Waals surface area contributed by atoms with Gasteiger partial charge >= 0.3 is 0 Å². The molecule has 8 heteroatoms. The molecule has 1 fully saturated rings. The lowest BCUT2D eigenvalue weighted by molar-refractivity contribution is -0.0249. The van der Waals surface area contributed by atoms with Crippen LogP contribution in [0.4, 0.5) is 0 Å². The second kappa shape index (κ2) is 5.14. The predicted molar refractivity (Wildman–Crippen MR) is 72.8 cm³/mol. The molecule has 1 aromatic carbocycles. The molecule has 0 bridgehead atoms. The van der Waals surface area contributed by atoms with Gasteiger partial charge in [0, 0.05) is 0 Å². The summed E-state index contributed by atoms with van der Waals surface area (Å²) in [6.45, 7) is -0.387. The smallest absolute Gasteiger partial charge is 0.144 e. The van der Waals surface area contributed by atoms with Gasteiger partial charge in [0.2, 0.25) is 0 Å². The highest BCUT2D eigenvalue weighted by molar-refractivity contribution is 6.44. The van der Waals surface area contributed by atoms with Crippen LogP contribution in [0.1, 0.15) is 11.9 Å². The van der Waals surface area contributed by atoms with Gasteiger partial charge in [0.05, 0.1) is 22.2 Å². The third kappa shape index (κ3) is 2.09. The van der Waals surface area contributed by atoms with Crippen molar-refractivity contribution < 1.29 is 20.1 Å². The van der Waals surface area contributed by atoms with E-state index >= 15 is 0 Å². The van der Waals surface area contributed by atoms with E-state index in [0.29, 0.717) is 26.9 Å². The van der Waals surface area contributed by atoms with Crippen molar-refractivity contribution in [3.8, 4) is 0 Å². The van der Waals surface area contributed by atoms with Gasteiger partial charge < -0.3 is 25.0 Å². The van der Waals surface area contributed by atoms with Gasteiger partial charge in [-0.15, -0.1) is 0 Å². The summed E-state index contributed by atoms with van der Waals surface area (Å²) in [6, 6.07) is 3.34. The number of rotatable bonds is 2. The molecule has 2 aromatic rings. The second-order valence-corrected chi connectivity index (χ2v) is 5.42. The number of imidazole rings is 1. The first-order valence-corrected chi connectivity index (χ1v) is 6.74. The summed E-state index contributed by atoms with van der Waals surface area (Å²) in [6.07, 6.45) is -4.05. The molecule has 4 atom stereocenters. The third-order valence-corrected chi connectivity index (χ3v) is 4.17. The van der Waals surface area contributed by atoms with E-state index in [-0.39, 0.29) is 6.61 Å². The summed E-state index contributed by atoms with van der Waals surface area (Å²) in [4.78, 5) is 7.23.